The van der Waals surface area contributed by atoms with Gasteiger partial charge in [-0.3, -0.25) is 9.78 Å². The van der Waals surface area contributed by atoms with Crippen LogP contribution in [0.25, 0.3) is 0 Å². The van der Waals surface area contributed by atoms with Crippen molar-refractivity contribution in [3.05, 3.63) is 48.3 Å². The fourth-order valence-electron chi connectivity index (χ4n) is 3.18. The molecule has 1 amide bonds. The standard InChI is InChI=1S/C16H17F3N4O2/c17-16(18,19)12-1-2-20-7-11(12)15(25)22-13-5-10(6-14(13)24)8-23-4-3-21-9-23/h1-4,7,9-10,13-14,24H,5-6,8H2,(H,22,25)/t10?,13-,14-/m1/s1. The average Bonchev–Trinajstić information content (AvgIpc) is 3.17. The fraction of sp³-hybridized carbons (Fsp3) is 0.438. The number of carbonyl (C=O) groups is 1. The summed E-state index contributed by atoms with van der Waals surface area (Å²) in [4.78, 5) is 19.8. The predicted octanol–water partition coefficient (Wildman–Crippen LogP) is 1.87. The quantitative estimate of drug-likeness (QED) is 0.878. The molecule has 3 rings (SSSR count). The van der Waals surface area contributed by atoms with Crippen LogP contribution in [0.4, 0.5) is 13.2 Å². The van der Waals surface area contributed by atoms with Crippen molar-refractivity contribution < 1.29 is 23.1 Å². The Morgan fingerprint density at radius 2 is 2.12 bits per heavy atom. The summed E-state index contributed by atoms with van der Waals surface area (Å²) in [5.41, 5.74) is -1.58. The van der Waals surface area contributed by atoms with Crippen LogP contribution in [0.5, 0.6) is 0 Å². The highest BCUT2D eigenvalue weighted by atomic mass is 19.4. The summed E-state index contributed by atoms with van der Waals surface area (Å²) >= 11 is 0. The van der Waals surface area contributed by atoms with E-state index in [1.807, 2.05) is 4.57 Å². The first kappa shape index (κ1) is 17.4. The van der Waals surface area contributed by atoms with Crippen molar-refractivity contribution in [3.63, 3.8) is 0 Å². The molecule has 0 aliphatic heterocycles. The Morgan fingerprint density at radius 3 is 2.80 bits per heavy atom. The molecular formula is C16H17F3N4O2. The van der Waals surface area contributed by atoms with Crippen LogP contribution >= 0.6 is 0 Å². The Morgan fingerprint density at radius 1 is 1.32 bits per heavy atom. The Kier molecular flexibility index (Phi) is 4.76. The van der Waals surface area contributed by atoms with Gasteiger partial charge in [0.15, 0.2) is 0 Å². The van der Waals surface area contributed by atoms with Crippen LogP contribution < -0.4 is 5.32 Å². The fourth-order valence-corrected chi connectivity index (χ4v) is 3.18. The number of hydrogen-bond donors (Lipinski definition) is 2. The number of carbonyl (C=O) groups excluding carboxylic acids is 1. The molecule has 3 atom stereocenters. The SMILES string of the molecule is O=C(N[C@@H]1CC(Cn2ccnc2)C[C@H]1O)c1cnccc1C(F)(F)F. The summed E-state index contributed by atoms with van der Waals surface area (Å²) < 4.78 is 40.9. The Labute approximate surface area is 141 Å². The maximum Gasteiger partial charge on any atom is 0.417 e. The molecule has 2 aromatic heterocycles. The summed E-state index contributed by atoms with van der Waals surface area (Å²) in [5.74, 6) is -0.779. The number of halogens is 3. The van der Waals surface area contributed by atoms with E-state index in [-0.39, 0.29) is 5.92 Å². The lowest BCUT2D eigenvalue weighted by atomic mass is 10.1. The van der Waals surface area contributed by atoms with Gasteiger partial charge in [0.05, 0.1) is 29.6 Å². The van der Waals surface area contributed by atoms with E-state index in [0.29, 0.717) is 19.4 Å². The molecule has 0 aromatic carbocycles. The molecule has 2 N–H and O–H groups in total. The zero-order valence-electron chi connectivity index (χ0n) is 13.1. The lowest BCUT2D eigenvalue weighted by Gasteiger charge is -2.18. The maximum atomic E-state index is 13.0. The molecule has 6 nitrogen and oxygen atoms in total. The van der Waals surface area contributed by atoms with Gasteiger partial charge in [0.1, 0.15) is 0 Å². The number of nitrogens with one attached hydrogen (secondary N) is 1. The zero-order valence-corrected chi connectivity index (χ0v) is 13.1. The molecule has 1 fully saturated rings. The molecule has 2 aromatic rings. The van der Waals surface area contributed by atoms with Gasteiger partial charge in [-0.15, -0.1) is 0 Å². The van der Waals surface area contributed by atoms with Gasteiger partial charge in [-0.05, 0) is 24.8 Å². The van der Waals surface area contributed by atoms with Crippen molar-refractivity contribution in [1.82, 2.24) is 19.9 Å². The largest absolute Gasteiger partial charge is 0.417 e. The molecule has 0 spiro atoms. The van der Waals surface area contributed by atoms with Gasteiger partial charge in [0.2, 0.25) is 0 Å². The summed E-state index contributed by atoms with van der Waals surface area (Å²) in [6.07, 6.45) is 2.47. The molecule has 134 valence electrons. The molecule has 0 bridgehead atoms. The Balaban J connectivity index is 1.67. The Bertz CT molecular complexity index is 733. The zero-order chi connectivity index (χ0) is 18.0. The molecule has 9 heteroatoms. The number of aliphatic hydroxyl groups excluding tert-OH is 1. The summed E-state index contributed by atoms with van der Waals surface area (Å²) in [6.45, 7) is 0.629. The number of pyridine rings is 1. The third-order valence-corrected chi connectivity index (χ3v) is 4.34. The summed E-state index contributed by atoms with van der Waals surface area (Å²) in [5, 5.41) is 12.6. The monoisotopic (exact) mass is 354 g/mol. The third-order valence-electron chi connectivity index (χ3n) is 4.34. The van der Waals surface area contributed by atoms with Gasteiger partial charge in [-0.25, -0.2) is 4.98 Å². The van der Waals surface area contributed by atoms with Gasteiger partial charge in [-0.1, -0.05) is 0 Å². The van der Waals surface area contributed by atoms with Crippen LogP contribution in [-0.2, 0) is 12.7 Å². The average molecular weight is 354 g/mol. The normalized spacial score (nSPS) is 23.6. The van der Waals surface area contributed by atoms with E-state index in [1.54, 1.807) is 18.7 Å². The number of amides is 1. The summed E-state index contributed by atoms with van der Waals surface area (Å²) in [6, 6.07) is 0.171. The van der Waals surface area contributed by atoms with E-state index in [1.165, 1.54) is 0 Å². The summed E-state index contributed by atoms with van der Waals surface area (Å²) in [7, 11) is 0. The Hall–Kier alpha value is -2.42. The van der Waals surface area contributed by atoms with Crippen molar-refractivity contribution in [2.75, 3.05) is 0 Å². The van der Waals surface area contributed by atoms with Gasteiger partial charge >= 0.3 is 6.18 Å². The van der Waals surface area contributed by atoms with Gasteiger partial charge < -0.3 is 15.0 Å². The number of hydrogen-bond acceptors (Lipinski definition) is 4. The number of alkyl halides is 3. The molecule has 0 radical (unpaired) electrons. The molecular weight excluding hydrogens is 337 g/mol. The predicted molar refractivity (Wildman–Crippen MR) is 81.5 cm³/mol. The molecule has 1 saturated carbocycles. The molecule has 1 aliphatic carbocycles. The second-order valence-electron chi connectivity index (χ2n) is 6.16. The van der Waals surface area contributed by atoms with E-state index in [0.717, 1.165) is 18.5 Å². The van der Waals surface area contributed by atoms with Crippen LogP contribution in [0.2, 0.25) is 0 Å². The minimum absolute atomic E-state index is 0.102. The van der Waals surface area contributed by atoms with E-state index in [2.05, 4.69) is 15.3 Å². The highest BCUT2D eigenvalue weighted by Crippen LogP contribution is 2.32. The van der Waals surface area contributed by atoms with Crippen LogP contribution in [0.3, 0.4) is 0 Å². The van der Waals surface area contributed by atoms with Crippen LogP contribution in [0.1, 0.15) is 28.8 Å². The second-order valence-corrected chi connectivity index (χ2v) is 6.16. The van der Waals surface area contributed by atoms with Crippen molar-refractivity contribution in [2.24, 2.45) is 5.92 Å². The first-order chi connectivity index (χ1) is 11.8. The second kappa shape index (κ2) is 6.83. The van der Waals surface area contributed by atoms with Gasteiger partial charge in [-0.2, -0.15) is 13.2 Å². The van der Waals surface area contributed by atoms with E-state index < -0.39 is 35.4 Å². The molecule has 25 heavy (non-hydrogen) atoms. The van der Waals surface area contributed by atoms with Crippen molar-refractivity contribution >= 4 is 5.91 Å². The highest BCUT2D eigenvalue weighted by molar-refractivity contribution is 5.95. The van der Waals surface area contributed by atoms with E-state index in [9.17, 15) is 23.1 Å². The van der Waals surface area contributed by atoms with Crippen LogP contribution in [0, 0.1) is 5.92 Å². The van der Waals surface area contributed by atoms with Crippen LogP contribution in [-0.4, -0.2) is 37.7 Å². The smallest absolute Gasteiger partial charge is 0.391 e. The van der Waals surface area contributed by atoms with Crippen LogP contribution in [0.15, 0.2) is 37.2 Å². The number of nitrogens with zero attached hydrogens (tertiary/aromatic N) is 3. The van der Waals surface area contributed by atoms with Crippen molar-refractivity contribution in [2.45, 2.75) is 37.7 Å². The molecule has 1 unspecified atom stereocenters. The molecule has 0 saturated heterocycles. The topological polar surface area (TPSA) is 80.0 Å². The van der Waals surface area contributed by atoms with E-state index in [4.69, 9.17) is 0 Å². The van der Waals surface area contributed by atoms with Gasteiger partial charge in [0, 0.05) is 31.3 Å². The van der Waals surface area contributed by atoms with Crippen molar-refractivity contribution in [3.8, 4) is 0 Å². The third kappa shape index (κ3) is 3.98. The first-order valence-corrected chi connectivity index (χ1v) is 7.80. The molecule has 1 aliphatic rings. The lowest BCUT2D eigenvalue weighted by Crippen LogP contribution is -2.40. The molecule has 2 heterocycles. The van der Waals surface area contributed by atoms with Gasteiger partial charge in [0.25, 0.3) is 5.91 Å². The number of imidazole rings is 1. The number of aliphatic hydroxyl groups is 1. The minimum Gasteiger partial charge on any atom is -0.391 e. The lowest BCUT2D eigenvalue weighted by molar-refractivity contribution is -0.138. The number of rotatable bonds is 4. The highest BCUT2D eigenvalue weighted by Gasteiger charge is 2.38. The maximum absolute atomic E-state index is 13.0. The van der Waals surface area contributed by atoms with Crippen molar-refractivity contribution in [1.29, 1.82) is 0 Å². The first-order valence-electron chi connectivity index (χ1n) is 7.80. The number of aromatic nitrogens is 3. The minimum atomic E-state index is -4.64. The van der Waals surface area contributed by atoms with E-state index >= 15 is 0 Å².